The SMILES string of the molecule is CCCCCCCCCCC(C)NC(=O)CCNCCNCCNCCNCCC(=O)NC. The molecule has 0 saturated heterocycles. The molecule has 8 heteroatoms. The van der Waals surface area contributed by atoms with Gasteiger partial charge in [0.2, 0.25) is 11.8 Å². The molecule has 0 rings (SSSR count). The van der Waals surface area contributed by atoms with Crippen LogP contribution in [0.1, 0.15) is 84.5 Å². The highest BCUT2D eigenvalue weighted by atomic mass is 16.2. The van der Waals surface area contributed by atoms with E-state index < -0.39 is 0 Å². The third-order valence-electron chi connectivity index (χ3n) is 5.67. The second-order valence-electron chi connectivity index (χ2n) is 8.91. The molecule has 0 aliphatic heterocycles. The van der Waals surface area contributed by atoms with Gasteiger partial charge in [-0.25, -0.2) is 0 Å². The van der Waals surface area contributed by atoms with Crippen LogP contribution in [-0.2, 0) is 9.59 Å². The van der Waals surface area contributed by atoms with E-state index in [1.165, 1.54) is 51.4 Å². The Labute approximate surface area is 203 Å². The quantitative estimate of drug-likeness (QED) is 0.114. The topological polar surface area (TPSA) is 106 Å². The highest BCUT2D eigenvalue weighted by Gasteiger charge is 2.06. The van der Waals surface area contributed by atoms with Crippen LogP contribution in [0.3, 0.4) is 0 Å². The van der Waals surface area contributed by atoms with Gasteiger partial charge in [-0.3, -0.25) is 9.59 Å². The van der Waals surface area contributed by atoms with Crippen molar-refractivity contribution >= 4 is 11.8 Å². The maximum Gasteiger partial charge on any atom is 0.221 e. The van der Waals surface area contributed by atoms with Gasteiger partial charge in [-0.2, -0.15) is 0 Å². The molecule has 2 amide bonds. The molecule has 0 heterocycles. The summed E-state index contributed by atoms with van der Waals surface area (Å²) < 4.78 is 0. The molecule has 33 heavy (non-hydrogen) atoms. The number of carbonyl (C=O) groups is 2. The summed E-state index contributed by atoms with van der Waals surface area (Å²) in [5, 5.41) is 19.0. The molecular weight excluding hydrogens is 416 g/mol. The monoisotopic (exact) mass is 470 g/mol. The third kappa shape index (κ3) is 25.2. The molecule has 8 nitrogen and oxygen atoms in total. The predicted octanol–water partition coefficient (Wildman–Crippen LogP) is 1.91. The van der Waals surface area contributed by atoms with Crippen molar-refractivity contribution in [3.8, 4) is 0 Å². The number of amides is 2. The van der Waals surface area contributed by atoms with Crippen LogP contribution in [-0.4, -0.2) is 77.3 Å². The molecule has 0 radical (unpaired) electrons. The summed E-state index contributed by atoms with van der Waals surface area (Å²) in [7, 11) is 1.66. The largest absolute Gasteiger partial charge is 0.359 e. The Bertz CT molecular complexity index is 451. The van der Waals surface area contributed by atoms with E-state index in [9.17, 15) is 9.59 Å². The number of carbonyl (C=O) groups excluding carboxylic acids is 2. The van der Waals surface area contributed by atoms with Crippen molar-refractivity contribution in [2.24, 2.45) is 0 Å². The average molecular weight is 471 g/mol. The molecule has 0 spiro atoms. The van der Waals surface area contributed by atoms with E-state index in [2.05, 4.69) is 45.7 Å². The molecule has 6 N–H and O–H groups in total. The summed E-state index contributed by atoms with van der Waals surface area (Å²) >= 11 is 0. The number of unbranched alkanes of at least 4 members (excludes halogenated alkanes) is 7. The molecule has 0 aromatic carbocycles. The standard InChI is InChI=1S/C25H54N6O2/c1-4-5-6-7-8-9-10-11-12-23(2)31-25(33)14-16-28-18-20-30-22-21-29-19-17-27-15-13-24(32)26-3/h23,27-30H,4-22H2,1-3H3,(H,26,32)(H,31,33). The zero-order valence-electron chi connectivity index (χ0n) is 21.8. The first-order valence-corrected chi connectivity index (χ1v) is 13.4. The summed E-state index contributed by atoms with van der Waals surface area (Å²) in [6, 6.07) is 0.276. The Morgan fingerprint density at radius 2 is 1.03 bits per heavy atom. The van der Waals surface area contributed by atoms with Gasteiger partial charge in [-0.15, -0.1) is 0 Å². The first-order chi connectivity index (χ1) is 16.1. The zero-order valence-corrected chi connectivity index (χ0v) is 21.8. The Morgan fingerprint density at radius 1 is 0.606 bits per heavy atom. The third-order valence-corrected chi connectivity index (χ3v) is 5.67. The van der Waals surface area contributed by atoms with Gasteiger partial charge in [0.05, 0.1) is 0 Å². The fraction of sp³-hybridized carbons (Fsp3) is 0.920. The molecule has 0 fully saturated rings. The Hall–Kier alpha value is -1.22. The van der Waals surface area contributed by atoms with E-state index >= 15 is 0 Å². The molecule has 1 atom stereocenters. The van der Waals surface area contributed by atoms with Gasteiger partial charge >= 0.3 is 0 Å². The Balaban J connectivity index is 3.29. The van der Waals surface area contributed by atoms with Crippen molar-refractivity contribution in [1.29, 1.82) is 0 Å². The molecule has 0 bridgehead atoms. The van der Waals surface area contributed by atoms with Crippen molar-refractivity contribution < 1.29 is 9.59 Å². The summed E-state index contributed by atoms with van der Waals surface area (Å²) in [5.74, 6) is 0.216. The Kier molecular flexibility index (Phi) is 24.5. The molecule has 0 saturated carbocycles. The van der Waals surface area contributed by atoms with E-state index in [0.29, 0.717) is 19.4 Å². The van der Waals surface area contributed by atoms with Gasteiger partial charge < -0.3 is 31.9 Å². The minimum atomic E-state index is 0.0672. The van der Waals surface area contributed by atoms with Crippen molar-refractivity contribution in [3.63, 3.8) is 0 Å². The molecule has 0 aromatic heterocycles. The van der Waals surface area contributed by atoms with Crippen LogP contribution in [0.15, 0.2) is 0 Å². The fourth-order valence-electron chi connectivity index (χ4n) is 3.56. The van der Waals surface area contributed by atoms with Gasteiger partial charge in [0.25, 0.3) is 0 Å². The van der Waals surface area contributed by atoms with E-state index in [-0.39, 0.29) is 17.9 Å². The maximum atomic E-state index is 12.0. The lowest BCUT2D eigenvalue weighted by molar-refractivity contribution is -0.122. The predicted molar refractivity (Wildman–Crippen MR) is 140 cm³/mol. The fourth-order valence-corrected chi connectivity index (χ4v) is 3.56. The summed E-state index contributed by atoms with van der Waals surface area (Å²) in [5.41, 5.74) is 0. The van der Waals surface area contributed by atoms with Gasteiger partial charge in [-0.1, -0.05) is 58.3 Å². The van der Waals surface area contributed by atoms with Crippen molar-refractivity contribution in [2.45, 2.75) is 90.5 Å². The van der Waals surface area contributed by atoms with Crippen LogP contribution in [0, 0.1) is 0 Å². The van der Waals surface area contributed by atoms with E-state index in [0.717, 1.165) is 52.2 Å². The van der Waals surface area contributed by atoms with E-state index in [1.54, 1.807) is 7.05 Å². The molecule has 0 aromatic rings. The second kappa shape index (κ2) is 25.4. The van der Waals surface area contributed by atoms with E-state index in [4.69, 9.17) is 0 Å². The van der Waals surface area contributed by atoms with Crippen molar-refractivity contribution in [1.82, 2.24) is 31.9 Å². The number of hydrogen-bond donors (Lipinski definition) is 6. The lowest BCUT2D eigenvalue weighted by Crippen LogP contribution is -2.37. The number of hydrogen-bond acceptors (Lipinski definition) is 6. The normalized spacial score (nSPS) is 12.0. The van der Waals surface area contributed by atoms with Gasteiger partial charge in [0.1, 0.15) is 0 Å². The molecule has 0 aliphatic carbocycles. The van der Waals surface area contributed by atoms with Crippen molar-refractivity contribution in [3.05, 3.63) is 0 Å². The van der Waals surface area contributed by atoms with Crippen LogP contribution in [0.4, 0.5) is 0 Å². The van der Waals surface area contributed by atoms with Gasteiger partial charge in [-0.05, 0) is 13.3 Å². The highest BCUT2D eigenvalue weighted by Crippen LogP contribution is 2.10. The van der Waals surface area contributed by atoms with Crippen LogP contribution in [0.25, 0.3) is 0 Å². The summed E-state index contributed by atoms with van der Waals surface area (Å²) in [4.78, 5) is 23.1. The minimum Gasteiger partial charge on any atom is -0.359 e. The summed E-state index contributed by atoms with van der Waals surface area (Å²) in [6.07, 6.45) is 12.8. The minimum absolute atomic E-state index is 0.0672. The van der Waals surface area contributed by atoms with Crippen LogP contribution >= 0.6 is 0 Å². The first kappa shape index (κ1) is 31.8. The molecule has 1 unspecified atom stereocenters. The van der Waals surface area contributed by atoms with Gasteiger partial charge in [0, 0.05) is 78.3 Å². The molecule has 196 valence electrons. The lowest BCUT2D eigenvalue weighted by atomic mass is 10.1. The molecule has 0 aliphatic rings. The van der Waals surface area contributed by atoms with E-state index in [1.807, 2.05) is 0 Å². The highest BCUT2D eigenvalue weighted by molar-refractivity contribution is 5.76. The molecular formula is C25H54N6O2. The zero-order chi connectivity index (χ0) is 24.4. The second-order valence-corrected chi connectivity index (χ2v) is 8.91. The maximum absolute atomic E-state index is 12.0. The number of nitrogens with one attached hydrogen (secondary N) is 6. The van der Waals surface area contributed by atoms with Gasteiger partial charge in [0.15, 0.2) is 0 Å². The van der Waals surface area contributed by atoms with Crippen molar-refractivity contribution in [2.75, 3.05) is 59.4 Å². The van der Waals surface area contributed by atoms with Crippen LogP contribution in [0.2, 0.25) is 0 Å². The van der Waals surface area contributed by atoms with Crippen LogP contribution < -0.4 is 31.9 Å². The smallest absolute Gasteiger partial charge is 0.221 e. The average Bonchev–Trinajstić information content (AvgIpc) is 2.80. The lowest BCUT2D eigenvalue weighted by Gasteiger charge is -2.14. The number of rotatable bonds is 25. The summed E-state index contributed by atoms with van der Waals surface area (Å²) in [6.45, 7) is 11.1. The first-order valence-electron chi connectivity index (χ1n) is 13.4. The van der Waals surface area contributed by atoms with Crippen LogP contribution in [0.5, 0.6) is 0 Å². The Morgan fingerprint density at radius 3 is 1.52 bits per heavy atom.